The summed E-state index contributed by atoms with van der Waals surface area (Å²) < 4.78 is 7.36. The fourth-order valence-electron chi connectivity index (χ4n) is 4.03. The van der Waals surface area contributed by atoms with Crippen LogP contribution in [0.15, 0.2) is 106 Å². The van der Waals surface area contributed by atoms with Crippen molar-refractivity contribution in [1.29, 1.82) is 0 Å². The molecule has 2 heterocycles. The highest BCUT2D eigenvalue weighted by molar-refractivity contribution is 7.07. The molecule has 1 aliphatic heterocycles. The highest BCUT2D eigenvalue weighted by Gasteiger charge is 2.18. The van der Waals surface area contributed by atoms with Gasteiger partial charge in [0.05, 0.1) is 23.3 Å². The Kier molecular flexibility index (Phi) is 5.44. The van der Waals surface area contributed by atoms with E-state index in [1.807, 2.05) is 83.0 Å². The lowest BCUT2D eigenvalue weighted by Crippen LogP contribution is -2.25. The number of hydrogen-bond donors (Lipinski definition) is 1. The Morgan fingerprint density at radius 3 is 2.69 bits per heavy atom. The van der Waals surface area contributed by atoms with Gasteiger partial charge in [-0.1, -0.05) is 60.7 Å². The van der Waals surface area contributed by atoms with E-state index in [9.17, 15) is 4.79 Å². The lowest BCUT2D eigenvalue weighted by atomic mass is 10.1. The van der Waals surface area contributed by atoms with Crippen molar-refractivity contribution in [2.24, 2.45) is 10.1 Å². The number of anilines is 1. The summed E-state index contributed by atoms with van der Waals surface area (Å²) in [6, 6.07) is 30.0. The molecule has 0 atom stereocenters. The van der Waals surface area contributed by atoms with Crippen LogP contribution in [0.2, 0.25) is 0 Å². The molecule has 5 aromatic rings. The van der Waals surface area contributed by atoms with Gasteiger partial charge < -0.3 is 10.1 Å². The number of thiazole rings is 1. The molecule has 0 fully saturated rings. The van der Waals surface area contributed by atoms with E-state index >= 15 is 0 Å². The summed E-state index contributed by atoms with van der Waals surface area (Å²) in [4.78, 5) is 17.4. The molecule has 4 aromatic carbocycles. The minimum atomic E-state index is -0.165. The van der Waals surface area contributed by atoms with Gasteiger partial charge in [-0.2, -0.15) is 5.10 Å². The molecule has 0 spiro atoms. The van der Waals surface area contributed by atoms with Crippen LogP contribution in [0.4, 0.5) is 11.4 Å². The number of nitrogens with zero attached hydrogens (tertiary/aromatic N) is 3. The van der Waals surface area contributed by atoms with Crippen LogP contribution in [0.3, 0.4) is 0 Å². The monoisotopic (exact) mass is 476 g/mol. The van der Waals surface area contributed by atoms with Gasteiger partial charge in [-0.3, -0.25) is 4.79 Å². The summed E-state index contributed by atoms with van der Waals surface area (Å²) in [7, 11) is 0. The maximum atomic E-state index is 11.8. The SMILES string of the molecule is O=C1COc2ccc(-c3csc(=Nc4ccccc4)n3N=Cc3cccc4ccccc34)cc2N1. The first-order valence-corrected chi connectivity index (χ1v) is 12.0. The smallest absolute Gasteiger partial charge is 0.262 e. The number of hydrogen-bond acceptors (Lipinski definition) is 5. The minimum absolute atomic E-state index is 0.0280. The normalized spacial score (nSPS) is 13.6. The fraction of sp³-hybridized carbons (Fsp3) is 0.0357. The summed E-state index contributed by atoms with van der Waals surface area (Å²) in [5.74, 6) is 0.491. The van der Waals surface area contributed by atoms with Crippen molar-refractivity contribution in [3.05, 3.63) is 107 Å². The average Bonchev–Trinajstić information content (AvgIpc) is 3.29. The van der Waals surface area contributed by atoms with Crippen molar-refractivity contribution >= 4 is 45.6 Å². The Morgan fingerprint density at radius 2 is 1.77 bits per heavy atom. The lowest BCUT2D eigenvalue weighted by molar-refractivity contribution is -0.118. The number of carbonyl (C=O) groups is 1. The standard InChI is InChI=1S/C28H20N4O2S/c33-27-17-34-26-14-13-20(15-24(26)31-27)25-18-35-28(30-22-10-2-1-3-11-22)32(25)29-16-21-9-6-8-19-7-4-5-12-23(19)21/h1-16,18H,17H2,(H,31,33). The van der Waals surface area contributed by atoms with Gasteiger partial charge in [0.15, 0.2) is 6.61 Å². The molecule has 0 saturated carbocycles. The summed E-state index contributed by atoms with van der Waals surface area (Å²) in [5.41, 5.74) is 4.28. The van der Waals surface area contributed by atoms with Crippen LogP contribution < -0.4 is 14.9 Å². The van der Waals surface area contributed by atoms with Gasteiger partial charge in [-0.15, -0.1) is 11.3 Å². The van der Waals surface area contributed by atoms with E-state index in [1.165, 1.54) is 11.3 Å². The van der Waals surface area contributed by atoms with Crippen molar-refractivity contribution < 1.29 is 9.53 Å². The number of nitrogens with one attached hydrogen (secondary N) is 1. The van der Waals surface area contributed by atoms with Crippen molar-refractivity contribution in [2.45, 2.75) is 0 Å². The molecule has 0 radical (unpaired) electrons. The molecule has 7 heteroatoms. The van der Waals surface area contributed by atoms with Gasteiger partial charge in [-0.25, -0.2) is 9.67 Å². The summed E-state index contributed by atoms with van der Waals surface area (Å²) in [6.45, 7) is 0.0280. The number of para-hydroxylation sites is 1. The third kappa shape index (κ3) is 4.25. The largest absolute Gasteiger partial charge is 0.482 e. The molecule has 1 aromatic heterocycles. The first kappa shape index (κ1) is 21.1. The molecule has 1 aliphatic rings. The number of benzene rings is 4. The highest BCUT2D eigenvalue weighted by Crippen LogP contribution is 2.33. The second-order valence-corrected chi connectivity index (χ2v) is 8.86. The van der Waals surface area contributed by atoms with E-state index < -0.39 is 0 Å². The predicted molar refractivity (Wildman–Crippen MR) is 140 cm³/mol. The molecule has 6 rings (SSSR count). The third-order valence-corrected chi connectivity index (χ3v) is 6.53. The zero-order valence-electron chi connectivity index (χ0n) is 18.6. The molecule has 0 saturated heterocycles. The number of fused-ring (bicyclic) bond motifs is 2. The number of ether oxygens (including phenoxy) is 1. The average molecular weight is 477 g/mol. The van der Waals surface area contributed by atoms with Crippen molar-refractivity contribution in [3.63, 3.8) is 0 Å². The zero-order valence-corrected chi connectivity index (χ0v) is 19.4. The Balaban J connectivity index is 1.49. The van der Waals surface area contributed by atoms with E-state index in [0.717, 1.165) is 38.1 Å². The highest BCUT2D eigenvalue weighted by atomic mass is 32.1. The van der Waals surface area contributed by atoms with Crippen LogP contribution in [0, 0.1) is 0 Å². The Bertz CT molecular complexity index is 1650. The molecule has 1 N–H and O–H groups in total. The molecule has 35 heavy (non-hydrogen) atoms. The first-order valence-electron chi connectivity index (χ1n) is 11.1. The summed E-state index contributed by atoms with van der Waals surface area (Å²) in [6.07, 6.45) is 1.87. The van der Waals surface area contributed by atoms with Crippen LogP contribution in [0.5, 0.6) is 5.75 Å². The van der Waals surface area contributed by atoms with Crippen LogP contribution in [0.25, 0.3) is 22.0 Å². The maximum Gasteiger partial charge on any atom is 0.262 e. The lowest BCUT2D eigenvalue weighted by Gasteiger charge is -2.18. The molecule has 0 aliphatic carbocycles. The molecule has 6 nitrogen and oxygen atoms in total. The van der Waals surface area contributed by atoms with E-state index in [1.54, 1.807) is 0 Å². The molecular weight excluding hydrogens is 456 g/mol. The molecule has 0 unspecified atom stereocenters. The van der Waals surface area contributed by atoms with Crippen LogP contribution in [-0.2, 0) is 4.79 Å². The molecule has 170 valence electrons. The van der Waals surface area contributed by atoms with E-state index in [2.05, 4.69) is 29.6 Å². The number of amides is 1. The van der Waals surface area contributed by atoms with Crippen molar-refractivity contribution in [1.82, 2.24) is 4.68 Å². The van der Waals surface area contributed by atoms with E-state index in [4.69, 9.17) is 14.8 Å². The summed E-state index contributed by atoms with van der Waals surface area (Å²) >= 11 is 1.51. The Morgan fingerprint density at radius 1 is 0.943 bits per heavy atom. The third-order valence-electron chi connectivity index (χ3n) is 5.71. The zero-order chi connectivity index (χ0) is 23.6. The maximum absolute atomic E-state index is 11.8. The Hall–Kier alpha value is -4.49. The van der Waals surface area contributed by atoms with Gasteiger partial charge in [0.25, 0.3) is 5.91 Å². The second kappa shape index (κ2) is 9.04. The first-order chi connectivity index (χ1) is 17.2. The van der Waals surface area contributed by atoms with Crippen LogP contribution >= 0.6 is 11.3 Å². The van der Waals surface area contributed by atoms with Gasteiger partial charge in [0.2, 0.25) is 4.80 Å². The topological polar surface area (TPSA) is 68.0 Å². The van der Waals surface area contributed by atoms with Gasteiger partial charge >= 0.3 is 0 Å². The minimum Gasteiger partial charge on any atom is -0.482 e. The van der Waals surface area contributed by atoms with Gasteiger partial charge in [-0.05, 0) is 41.1 Å². The van der Waals surface area contributed by atoms with Gasteiger partial charge in [0.1, 0.15) is 5.75 Å². The molecule has 1 amide bonds. The number of carbonyl (C=O) groups excluding carboxylic acids is 1. The Labute approximate surface area is 205 Å². The molecule has 0 bridgehead atoms. The number of aromatic nitrogens is 1. The van der Waals surface area contributed by atoms with Crippen molar-refractivity contribution in [3.8, 4) is 17.0 Å². The van der Waals surface area contributed by atoms with Gasteiger partial charge in [0, 0.05) is 16.5 Å². The van der Waals surface area contributed by atoms with Crippen molar-refractivity contribution in [2.75, 3.05) is 11.9 Å². The molecular formula is C28H20N4O2S. The quantitative estimate of drug-likeness (QED) is 0.332. The number of rotatable bonds is 4. The predicted octanol–water partition coefficient (Wildman–Crippen LogP) is 5.82. The summed E-state index contributed by atoms with van der Waals surface area (Å²) in [5, 5.41) is 12.1. The van der Waals surface area contributed by atoms with E-state index in [-0.39, 0.29) is 12.5 Å². The second-order valence-electron chi connectivity index (χ2n) is 8.02. The fourth-order valence-corrected chi connectivity index (χ4v) is 4.88. The van der Waals surface area contributed by atoms with Crippen LogP contribution in [0.1, 0.15) is 5.56 Å². The van der Waals surface area contributed by atoms with Crippen LogP contribution in [-0.4, -0.2) is 23.4 Å². The van der Waals surface area contributed by atoms with E-state index in [0.29, 0.717) is 11.4 Å².